The van der Waals surface area contributed by atoms with E-state index < -0.39 is 9.84 Å². The van der Waals surface area contributed by atoms with Gasteiger partial charge in [-0.25, -0.2) is 8.42 Å². The molecule has 0 saturated heterocycles. The van der Waals surface area contributed by atoms with E-state index >= 15 is 0 Å². The minimum absolute atomic E-state index is 0.0665. The third-order valence-corrected chi connectivity index (χ3v) is 4.61. The van der Waals surface area contributed by atoms with Gasteiger partial charge in [-0.1, -0.05) is 12.1 Å². The Kier molecular flexibility index (Phi) is 4.15. The molecule has 0 fully saturated rings. The number of nitrogens with zero attached hydrogens (tertiary/aromatic N) is 1. The molecule has 110 valence electrons. The zero-order valence-corrected chi connectivity index (χ0v) is 12.8. The first-order valence-corrected chi connectivity index (χ1v) is 8.62. The Morgan fingerprint density at radius 3 is 2.65 bits per heavy atom. The molecule has 1 atom stereocenters. The average molecular weight is 296 g/mol. The van der Waals surface area contributed by atoms with Gasteiger partial charge in [0.05, 0.1) is 5.75 Å². The highest BCUT2D eigenvalue weighted by molar-refractivity contribution is 7.90. The Morgan fingerprint density at radius 1 is 1.35 bits per heavy atom. The molecule has 1 amide bonds. The van der Waals surface area contributed by atoms with E-state index in [4.69, 9.17) is 0 Å². The van der Waals surface area contributed by atoms with E-state index in [0.717, 1.165) is 16.8 Å². The molecule has 0 aliphatic carbocycles. The zero-order valence-electron chi connectivity index (χ0n) is 12.0. The van der Waals surface area contributed by atoms with Crippen LogP contribution in [0.2, 0.25) is 0 Å². The summed E-state index contributed by atoms with van der Waals surface area (Å²) in [6, 6.07) is 5.57. The molecule has 1 aliphatic rings. The summed E-state index contributed by atoms with van der Waals surface area (Å²) < 4.78 is 22.9. The van der Waals surface area contributed by atoms with E-state index in [-0.39, 0.29) is 17.7 Å². The maximum atomic E-state index is 11.7. The predicted octanol–water partition coefficient (Wildman–Crippen LogP) is 0.901. The summed E-state index contributed by atoms with van der Waals surface area (Å²) in [5.74, 6) is 0.184. The number of fused-ring (bicyclic) bond motifs is 1. The quantitative estimate of drug-likeness (QED) is 0.896. The van der Waals surface area contributed by atoms with Crippen LogP contribution in [0, 0.1) is 0 Å². The van der Waals surface area contributed by atoms with Gasteiger partial charge in [-0.15, -0.1) is 0 Å². The van der Waals surface area contributed by atoms with Crippen molar-refractivity contribution in [2.24, 2.45) is 0 Å². The molecule has 1 aromatic carbocycles. The lowest BCUT2D eigenvalue weighted by atomic mass is 9.97. The minimum Gasteiger partial charge on any atom is -0.315 e. The number of amides is 1. The van der Waals surface area contributed by atoms with E-state index in [1.54, 1.807) is 19.0 Å². The molecular formula is C14H20N2O3S. The van der Waals surface area contributed by atoms with Crippen molar-refractivity contribution in [3.05, 3.63) is 29.3 Å². The summed E-state index contributed by atoms with van der Waals surface area (Å²) in [6.07, 6.45) is 2.45. The Balaban J connectivity index is 2.33. The van der Waals surface area contributed by atoms with Crippen LogP contribution < -0.4 is 10.2 Å². The normalized spacial score (nSPS) is 16.9. The second kappa shape index (κ2) is 5.54. The first-order chi connectivity index (χ1) is 9.31. The van der Waals surface area contributed by atoms with E-state index in [1.165, 1.54) is 6.26 Å². The van der Waals surface area contributed by atoms with E-state index in [0.29, 0.717) is 12.8 Å². The monoisotopic (exact) mass is 296 g/mol. The van der Waals surface area contributed by atoms with E-state index in [1.807, 2.05) is 18.2 Å². The topological polar surface area (TPSA) is 66.5 Å². The highest BCUT2D eigenvalue weighted by atomic mass is 32.2. The summed E-state index contributed by atoms with van der Waals surface area (Å²) in [5, 5.41) is 3.04. The maximum Gasteiger partial charge on any atom is 0.227 e. The van der Waals surface area contributed by atoms with Crippen molar-refractivity contribution in [3.63, 3.8) is 0 Å². The van der Waals surface area contributed by atoms with Crippen LogP contribution in [0.3, 0.4) is 0 Å². The lowest BCUT2D eigenvalue weighted by Gasteiger charge is -2.27. The zero-order chi connectivity index (χ0) is 14.9. The molecule has 0 bridgehead atoms. The second-order valence-electron chi connectivity index (χ2n) is 5.27. The van der Waals surface area contributed by atoms with Crippen LogP contribution in [0.4, 0.5) is 5.69 Å². The van der Waals surface area contributed by atoms with Gasteiger partial charge < -0.3 is 10.2 Å². The standard InChI is InChI=1S/C14H20N2O3S/c1-15-12(9-20(3,18)19)10-4-6-13-11(8-10)5-7-14(17)16(13)2/h4,6,8,12,15H,5,7,9H2,1-3H3. The molecule has 2 rings (SSSR count). The number of nitrogens with one attached hydrogen (secondary N) is 1. The molecule has 1 N–H and O–H groups in total. The number of carbonyl (C=O) groups is 1. The van der Waals surface area contributed by atoms with Crippen LogP contribution >= 0.6 is 0 Å². The molecule has 1 aliphatic heterocycles. The van der Waals surface area contributed by atoms with Crippen molar-refractivity contribution < 1.29 is 13.2 Å². The van der Waals surface area contributed by atoms with Crippen molar-refractivity contribution in [3.8, 4) is 0 Å². The van der Waals surface area contributed by atoms with Crippen molar-refractivity contribution in [2.75, 3.05) is 31.0 Å². The number of carbonyl (C=O) groups excluding carboxylic acids is 1. The lowest BCUT2D eigenvalue weighted by Crippen LogP contribution is -2.31. The number of benzene rings is 1. The number of anilines is 1. The fourth-order valence-electron chi connectivity index (χ4n) is 2.54. The Bertz CT molecular complexity index is 625. The summed E-state index contributed by atoms with van der Waals surface area (Å²) in [4.78, 5) is 13.3. The van der Waals surface area contributed by atoms with Gasteiger partial charge in [0.1, 0.15) is 9.84 Å². The van der Waals surface area contributed by atoms with Crippen LogP contribution in [-0.2, 0) is 21.1 Å². The molecule has 1 aromatic rings. The predicted molar refractivity (Wildman–Crippen MR) is 79.7 cm³/mol. The van der Waals surface area contributed by atoms with Gasteiger partial charge in [-0.05, 0) is 30.7 Å². The molecule has 5 nitrogen and oxygen atoms in total. The highest BCUT2D eigenvalue weighted by Gasteiger charge is 2.23. The van der Waals surface area contributed by atoms with Crippen LogP contribution in [0.5, 0.6) is 0 Å². The van der Waals surface area contributed by atoms with Gasteiger partial charge in [-0.2, -0.15) is 0 Å². The number of hydrogen-bond acceptors (Lipinski definition) is 4. The van der Waals surface area contributed by atoms with Gasteiger partial charge in [0.2, 0.25) is 5.91 Å². The van der Waals surface area contributed by atoms with Crippen molar-refractivity contribution in [2.45, 2.75) is 18.9 Å². The number of rotatable bonds is 4. The van der Waals surface area contributed by atoms with Crippen LogP contribution in [0.1, 0.15) is 23.6 Å². The van der Waals surface area contributed by atoms with E-state index in [9.17, 15) is 13.2 Å². The molecule has 1 unspecified atom stereocenters. The van der Waals surface area contributed by atoms with Crippen LogP contribution in [0.25, 0.3) is 0 Å². The molecule has 1 heterocycles. The van der Waals surface area contributed by atoms with Gasteiger partial charge in [0.25, 0.3) is 0 Å². The molecule has 0 aromatic heterocycles. The van der Waals surface area contributed by atoms with Gasteiger partial charge in [-0.3, -0.25) is 4.79 Å². The van der Waals surface area contributed by atoms with Gasteiger partial charge in [0, 0.05) is 31.5 Å². The lowest BCUT2D eigenvalue weighted by molar-refractivity contribution is -0.118. The Morgan fingerprint density at radius 2 is 2.05 bits per heavy atom. The molecular weight excluding hydrogens is 276 g/mol. The number of sulfone groups is 1. The summed E-state index contributed by atoms with van der Waals surface area (Å²) in [6.45, 7) is 0. The average Bonchev–Trinajstić information content (AvgIpc) is 2.39. The van der Waals surface area contributed by atoms with Gasteiger partial charge in [0.15, 0.2) is 0 Å². The summed E-state index contributed by atoms with van der Waals surface area (Å²) >= 11 is 0. The minimum atomic E-state index is -3.05. The Hall–Kier alpha value is -1.40. The van der Waals surface area contributed by atoms with Crippen LogP contribution in [-0.4, -0.2) is 40.4 Å². The molecule has 0 saturated carbocycles. The largest absolute Gasteiger partial charge is 0.315 e. The number of aryl methyl sites for hydroxylation is 1. The third kappa shape index (κ3) is 3.19. The Labute approximate surface area is 119 Å². The summed E-state index contributed by atoms with van der Waals surface area (Å²) in [5.41, 5.74) is 2.96. The van der Waals surface area contributed by atoms with Crippen molar-refractivity contribution in [1.29, 1.82) is 0 Å². The second-order valence-corrected chi connectivity index (χ2v) is 7.46. The fourth-order valence-corrected chi connectivity index (χ4v) is 3.51. The first kappa shape index (κ1) is 15.0. The smallest absolute Gasteiger partial charge is 0.227 e. The van der Waals surface area contributed by atoms with Crippen molar-refractivity contribution in [1.82, 2.24) is 5.32 Å². The van der Waals surface area contributed by atoms with Gasteiger partial charge >= 0.3 is 0 Å². The molecule has 0 spiro atoms. The highest BCUT2D eigenvalue weighted by Crippen LogP contribution is 2.29. The first-order valence-electron chi connectivity index (χ1n) is 6.56. The molecule has 0 radical (unpaired) electrons. The molecule has 20 heavy (non-hydrogen) atoms. The SMILES string of the molecule is CNC(CS(C)(=O)=O)c1ccc2c(c1)CCC(=O)N2C. The maximum absolute atomic E-state index is 11.7. The van der Waals surface area contributed by atoms with Crippen molar-refractivity contribution >= 4 is 21.4 Å². The molecule has 6 heteroatoms. The fraction of sp³-hybridized carbons (Fsp3) is 0.500. The number of hydrogen-bond donors (Lipinski definition) is 1. The van der Waals surface area contributed by atoms with E-state index in [2.05, 4.69) is 5.32 Å². The third-order valence-electron chi connectivity index (χ3n) is 3.67. The van der Waals surface area contributed by atoms with Crippen LogP contribution in [0.15, 0.2) is 18.2 Å². The summed E-state index contributed by atoms with van der Waals surface area (Å²) in [7, 11) is 0.473.